The molecule has 6 nitrogen and oxygen atoms in total. The molecule has 6 heteroatoms. The Morgan fingerprint density at radius 2 is 1.73 bits per heavy atom. The number of nitrogens with zero attached hydrogens (tertiary/aromatic N) is 1. The highest BCUT2D eigenvalue weighted by atomic mass is 16.3. The summed E-state index contributed by atoms with van der Waals surface area (Å²) in [5.41, 5.74) is 6.66. The minimum absolute atomic E-state index is 0.0352. The molecule has 136 valence electrons. The number of hydrogen-bond donors (Lipinski definition) is 3. The Morgan fingerprint density at radius 1 is 1.00 bits per heavy atom. The van der Waals surface area contributed by atoms with Crippen molar-refractivity contribution < 1.29 is 14.7 Å². The predicted octanol–water partition coefficient (Wildman–Crippen LogP) is 3.27. The van der Waals surface area contributed by atoms with Gasteiger partial charge in [0.05, 0.1) is 5.71 Å². The Hall–Kier alpha value is -3.15. The monoisotopic (exact) mass is 353 g/mol. The number of phenols is 1. The predicted molar refractivity (Wildman–Crippen MR) is 102 cm³/mol. The third kappa shape index (κ3) is 5.73. The summed E-state index contributed by atoms with van der Waals surface area (Å²) in [6, 6.07) is 12.3. The van der Waals surface area contributed by atoms with E-state index in [9.17, 15) is 14.7 Å². The molecule has 0 aliphatic rings. The van der Waals surface area contributed by atoms with E-state index in [-0.39, 0.29) is 30.4 Å². The van der Waals surface area contributed by atoms with Crippen LogP contribution >= 0.6 is 0 Å². The van der Waals surface area contributed by atoms with Crippen molar-refractivity contribution in [3.05, 3.63) is 59.2 Å². The van der Waals surface area contributed by atoms with Crippen LogP contribution in [0.3, 0.4) is 0 Å². The van der Waals surface area contributed by atoms with Crippen LogP contribution in [0.25, 0.3) is 0 Å². The van der Waals surface area contributed by atoms with Gasteiger partial charge in [0.2, 0.25) is 11.8 Å². The molecule has 2 rings (SSSR count). The van der Waals surface area contributed by atoms with Gasteiger partial charge in [0.1, 0.15) is 5.75 Å². The lowest BCUT2D eigenvalue weighted by molar-refractivity contribution is -0.124. The fourth-order valence-corrected chi connectivity index (χ4v) is 2.27. The van der Waals surface area contributed by atoms with Gasteiger partial charge in [0.15, 0.2) is 0 Å². The van der Waals surface area contributed by atoms with Gasteiger partial charge in [-0.1, -0.05) is 18.2 Å². The van der Waals surface area contributed by atoms with E-state index in [4.69, 9.17) is 0 Å². The topological polar surface area (TPSA) is 90.8 Å². The smallest absolute Gasteiger partial charge is 0.240 e. The first-order valence-electron chi connectivity index (χ1n) is 8.35. The molecule has 0 saturated carbocycles. The Morgan fingerprint density at radius 3 is 2.42 bits per heavy atom. The number of amides is 2. The summed E-state index contributed by atoms with van der Waals surface area (Å²) in [4.78, 5) is 23.8. The van der Waals surface area contributed by atoms with Crippen LogP contribution in [0.15, 0.2) is 47.6 Å². The molecule has 0 atom stereocenters. The van der Waals surface area contributed by atoms with Gasteiger partial charge >= 0.3 is 0 Å². The molecule has 0 radical (unpaired) electrons. The molecule has 0 saturated heterocycles. The number of nitrogens with one attached hydrogen (secondary N) is 2. The van der Waals surface area contributed by atoms with Crippen LogP contribution in [0, 0.1) is 13.8 Å². The number of hydrazone groups is 1. The number of aryl methyl sites for hydroxylation is 2. The zero-order chi connectivity index (χ0) is 19.1. The highest BCUT2D eigenvalue weighted by Gasteiger charge is 2.08. The summed E-state index contributed by atoms with van der Waals surface area (Å²) in [7, 11) is 0. The number of rotatable bonds is 6. The number of benzene rings is 2. The zero-order valence-electron chi connectivity index (χ0n) is 15.2. The highest BCUT2D eigenvalue weighted by Crippen LogP contribution is 2.14. The number of carbonyl (C=O) groups is 2. The molecule has 0 unspecified atom stereocenters. The molecule has 0 spiro atoms. The lowest BCUT2D eigenvalue weighted by atomic mass is 10.1. The minimum atomic E-state index is -0.347. The number of hydrogen-bond acceptors (Lipinski definition) is 4. The quantitative estimate of drug-likeness (QED) is 0.550. The van der Waals surface area contributed by atoms with E-state index in [2.05, 4.69) is 15.8 Å². The van der Waals surface area contributed by atoms with Crippen molar-refractivity contribution in [3.63, 3.8) is 0 Å². The van der Waals surface area contributed by atoms with Gasteiger partial charge in [-0.05, 0) is 56.2 Å². The standard InChI is InChI=1S/C20H23N3O3/c1-13-7-8-17(11-14(13)2)21-19(25)9-10-20(26)23-22-15(3)16-5-4-6-18(24)12-16/h4-8,11-12,24H,9-10H2,1-3H3,(H,21,25)(H,23,26)/b22-15-. The summed E-state index contributed by atoms with van der Waals surface area (Å²) < 4.78 is 0. The van der Waals surface area contributed by atoms with Crippen LogP contribution in [-0.2, 0) is 9.59 Å². The molecular formula is C20H23N3O3. The molecule has 2 aromatic rings. The Balaban J connectivity index is 1.81. The fraction of sp³-hybridized carbons (Fsp3) is 0.250. The number of phenolic OH excluding ortho intramolecular Hbond substituents is 1. The van der Waals surface area contributed by atoms with Gasteiger partial charge in [-0.25, -0.2) is 5.43 Å². The van der Waals surface area contributed by atoms with E-state index in [0.717, 1.165) is 16.8 Å². The summed E-state index contributed by atoms with van der Waals surface area (Å²) in [5, 5.41) is 16.2. The van der Waals surface area contributed by atoms with Crippen molar-refractivity contribution in [1.82, 2.24) is 5.43 Å². The van der Waals surface area contributed by atoms with Crippen molar-refractivity contribution in [1.29, 1.82) is 0 Å². The average molecular weight is 353 g/mol. The van der Waals surface area contributed by atoms with Gasteiger partial charge in [-0.2, -0.15) is 5.10 Å². The molecule has 26 heavy (non-hydrogen) atoms. The Bertz CT molecular complexity index is 844. The summed E-state index contributed by atoms with van der Waals surface area (Å²) >= 11 is 0. The molecule has 0 aromatic heterocycles. The lowest BCUT2D eigenvalue weighted by Crippen LogP contribution is -2.21. The summed E-state index contributed by atoms with van der Waals surface area (Å²) in [5.74, 6) is -0.441. The van der Waals surface area contributed by atoms with E-state index in [1.54, 1.807) is 31.2 Å². The lowest BCUT2D eigenvalue weighted by Gasteiger charge is -2.07. The van der Waals surface area contributed by atoms with Crippen molar-refractivity contribution in [2.24, 2.45) is 5.10 Å². The number of carbonyl (C=O) groups excluding carboxylic acids is 2. The van der Waals surface area contributed by atoms with E-state index < -0.39 is 0 Å². The van der Waals surface area contributed by atoms with Crippen molar-refractivity contribution in [2.75, 3.05) is 5.32 Å². The second-order valence-corrected chi connectivity index (χ2v) is 6.13. The molecule has 0 heterocycles. The Kier molecular flexibility index (Phi) is 6.49. The van der Waals surface area contributed by atoms with Crippen LogP contribution < -0.4 is 10.7 Å². The van der Waals surface area contributed by atoms with Gasteiger partial charge in [-0.15, -0.1) is 0 Å². The van der Waals surface area contributed by atoms with Gasteiger partial charge < -0.3 is 10.4 Å². The van der Waals surface area contributed by atoms with Gasteiger partial charge in [0.25, 0.3) is 0 Å². The van der Waals surface area contributed by atoms with E-state index in [1.165, 1.54) is 0 Å². The van der Waals surface area contributed by atoms with Crippen LogP contribution in [-0.4, -0.2) is 22.6 Å². The third-order valence-corrected chi connectivity index (χ3v) is 3.98. The number of anilines is 1. The van der Waals surface area contributed by atoms with Crippen molar-refractivity contribution in [3.8, 4) is 5.75 Å². The van der Waals surface area contributed by atoms with Crippen molar-refractivity contribution in [2.45, 2.75) is 33.6 Å². The zero-order valence-corrected chi connectivity index (χ0v) is 15.2. The maximum atomic E-state index is 12.0. The van der Waals surface area contributed by atoms with E-state index >= 15 is 0 Å². The van der Waals surface area contributed by atoms with E-state index in [0.29, 0.717) is 11.3 Å². The number of aromatic hydroxyl groups is 1. The highest BCUT2D eigenvalue weighted by molar-refractivity contribution is 5.99. The maximum absolute atomic E-state index is 12.0. The first-order chi connectivity index (χ1) is 12.3. The second kappa shape index (κ2) is 8.80. The molecule has 0 aliphatic carbocycles. The first kappa shape index (κ1) is 19.2. The van der Waals surface area contributed by atoms with Crippen LogP contribution in [0.1, 0.15) is 36.5 Å². The van der Waals surface area contributed by atoms with E-state index in [1.807, 2.05) is 32.0 Å². The summed E-state index contributed by atoms with van der Waals surface area (Å²) in [6.07, 6.45) is 0.104. The second-order valence-electron chi connectivity index (χ2n) is 6.13. The molecule has 0 bridgehead atoms. The molecule has 2 aromatic carbocycles. The van der Waals surface area contributed by atoms with Crippen LogP contribution in [0.5, 0.6) is 5.75 Å². The maximum Gasteiger partial charge on any atom is 0.240 e. The van der Waals surface area contributed by atoms with Crippen molar-refractivity contribution >= 4 is 23.2 Å². The fourth-order valence-electron chi connectivity index (χ4n) is 2.27. The average Bonchev–Trinajstić information content (AvgIpc) is 2.61. The normalized spacial score (nSPS) is 11.1. The van der Waals surface area contributed by atoms with Crippen LogP contribution in [0.2, 0.25) is 0 Å². The third-order valence-electron chi connectivity index (χ3n) is 3.98. The Labute approximate surface area is 152 Å². The molecule has 0 fully saturated rings. The van der Waals surface area contributed by atoms with Gasteiger partial charge in [0, 0.05) is 24.1 Å². The molecular weight excluding hydrogens is 330 g/mol. The molecule has 3 N–H and O–H groups in total. The minimum Gasteiger partial charge on any atom is -0.508 e. The van der Waals surface area contributed by atoms with Gasteiger partial charge in [-0.3, -0.25) is 9.59 Å². The molecule has 2 amide bonds. The largest absolute Gasteiger partial charge is 0.508 e. The SMILES string of the molecule is C/C(=N/NC(=O)CCC(=O)Nc1ccc(C)c(C)c1)c1cccc(O)c1. The van der Waals surface area contributed by atoms with Crippen LogP contribution in [0.4, 0.5) is 5.69 Å². The molecule has 0 aliphatic heterocycles. The first-order valence-corrected chi connectivity index (χ1v) is 8.35. The summed E-state index contributed by atoms with van der Waals surface area (Å²) in [6.45, 7) is 5.71.